The highest BCUT2D eigenvalue weighted by Crippen LogP contribution is 2.26. The second-order valence-electron chi connectivity index (χ2n) is 7.54. The van der Waals surface area contributed by atoms with Gasteiger partial charge in [-0.05, 0) is 42.3 Å². The number of piperidine rings is 1. The summed E-state index contributed by atoms with van der Waals surface area (Å²) in [6.45, 7) is 1.76. The number of methoxy groups -OCH3 is 2. The van der Waals surface area contributed by atoms with E-state index in [9.17, 15) is 14.4 Å². The first kappa shape index (κ1) is 23.7. The van der Waals surface area contributed by atoms with E-state index in [0.29, 0.717) is 55.3 Å². The number of thiophene rings is 1. The van der Waals surface area contributed by atoms with Crippen molar-refractivity contribution < 1.29 is 23.9 Å². The molecule has 2 heterocycles. The van der Waals surface area contributed by atoms with Crippen molar-refractivity contribution in [3.63, 3.8) is 0 Å². The number of nitrogens with one attached hydrogen (secondary N) is 2. The van der Waals surface area contributed by atoms with Crippen LogP contribution in [0.25, 0.3) is 0 Å². The van der Waals surface area contributed by atoms with Gasteiger partial charge in [-0.1, -0.05) is 18.2 Å². The summed E-state index contributed by atoms with van der Waals surface area (Å²) in [4.78, 5) is 40.8. The molecule has 8 nitrogen and oxygen atoms in total. The first-order valence-electron chi connectivity index (χ1n) is 10.6. The molecule has 0 radical (unpaired) electrons. The zero-order valence-corrected chi connectivity index (χ0v) is 19.2. The molecule has 2 aromatic rings. The SMILES string of the molecule is COCCNC(=O)C(NC(=O)c1cccs1)C1CCN(C(=O)c2ccccc2OC)CC1. The van der Waals surface area contributed by atoms with Gasteiger partial charge in [0, 0.05) is 26.7 Å². The van der Waals surface area contributed by atoms with E-state index in [0.717, 1.165) is 0 Å². The Hall–Kier alpha value is -2.91. The fourth-order valence-electron chi connectivity index (χ4n) is 3.83. The van der Waals surface area contributed by atoms with Crippen LogP contribution < -0.4 is 15.4 Å². The maximum Gasteiger partial charge on any atom is 0.262 e. The minimum Gasteiger partial charge on any atom is -0.496 e. The van der Waals surface area contributed by atoms with E-state index in [2.05, 4.69) is 10.6 Å². The third-order valence-corrected chi connectivity index (χ3v) is 6.42. The number of hydrogen-bond donors (Lipinski definition) is 2. The van der Waals surface area contributed by atoms with Crippen molar-refractivity contribution in [2.45, 2.75) is 18.9 Å². The number of hydrogen-bond acceptors (Lipinski definition) is 6. The fourth-order valence-corrected chi connectivity index (χ4v) is 4.46. The van der Waals surface area contributed by atoms with Crippen LogP contribution in [-0.4, -0.2) is 69.1 Å². The molecule has 1 aliphatic rings. The summed E-state index contributed by atoms with van der Waals surface area (Å²) >= 11 is 1.33. The zero-order valence-electron chi connectivity index (χ0n) is 18.3. The number of carbonyl (C=O) groups is 3. The highest BCUT2D eigenvalue weighted by Gasteiger charge is 2.34. The average Bonchev–Trinajstić information content (AvgIpc) is 3.37. The Balaban J connectivity index is 1.66. The lowest BCUT2D eigenvalue weighted by Gasteiger charge is -2.36. The molecule has 1 fully saturated rings. The predicted molar refractivity (Wildman–Crippen MR) is 122 cm³/mol. The van der Waals surface area contributed by atoms with Crippen LogP contribution in [0, 0.1) is 5.92 Å². The highest BCUT2D eigenvalue weighted by molar-refractivity contribution is 7.12. The standard InChI is InChI=1S/C23H29N3O5S/c1-30-14-11-24-22(28)20(25-21(27)19-8-5-15-32-19)16-9-12-26(13-10-16)23(29)17-6-3-4-7-18(17)31-2/h3-8,15-16,20H,9-14H2,1-2H3,(H,24,28)(H,25,27). The van der Waals surface area contributed by atoms with Crippen LogP contribution in [0.3, 0.4) is 0 Å². The lowest BCUT2D eigenvalue weighted by atomic mass is 9.88. The Morgan fingerprint density at radius 1 is 1.12 bits per heavy atom. The number of ether oxygens (including phenoxy) is 2. The minimum atomic E-state index is -0.676. The van der Waals surface area contributed by atoms with E-state index in [1.54, 1.807) is 43.4 Å². The topological polar surface area (TPSA) is 97.0 Å². The molecule has 0 spiro atoms. The number of rotatable bonds is 9. The molecule has 3 amide bonds. The number of benzene rings is 1. The summed E-state index contributed by atoms with van der Waals surface area (Å²) in [5, 5.41) is 7.56. The van der Waals surface area contributed by atoms with E-state index in [1.165, 1.54) is 11.3 Å². The summed E-state index contributed by atoms with van der Waals surface area (Å²) in [6, 6.07) is 10.0. The summed E-state index contributed by atoms with van der Waals surface area (Å²) in [6.07, 6.45) is 1.21. The smallest absolute Gasteiger partial charge is 0.262 e. The van der Waals surface area contributed by atoms with Crippen molar-refractivity contribution in [3.05, 3.63) is 52.2 Å². The Kier molecular flexibility index (Phi) is 8.64. The molecule has 1 aromatic carbocycles. The van der Waals surface area contributed by atoms with Crippen molar-refractivity contribution in [1.82, 2.24) is 15.5 Å². The first-order chi connectivity index (χ1) is 15.5. The number of para-hydroxylation sites is 1. The molecule has 32 heavy (non-hydrogen) atoms. The monoisotopic (exact) mass is 459 g/mol. The van der Waals surface area contributed by atoms with Gasteiger partial charge in [0.05, 0.1) is 24.2 Å². The number of likely N-dealkylation sites (tertiary alicyclic amines) is 1. The molecular formula is C23H29N3O5S. The van der Waals surface area contributed by atoms with Crippen LogP contribution in [0.1, 0.15) is 32.9 Å². The number of nitrogens with zero attached hydrogens (tertiary/aromatic N) is 1. The molecule has 1 aliphatic heterocycles. The van der Waals surface area contributed by atoms with E-state index in [4.69, 9.17) is 9.47 Å². The van der Waals surface area contributed by atoms with Gasteiger partial charge < -0.3 is 25.0 Å². The van der Waals surface area contributed by atoms with Gasteiger partial charge in [-0.3, -0.25) is 14.4 Å². The molecule has 0 bridgehead atoms. The lowest BCUT2D eigenvalue weighted by Crippen LogP contribution is -2.54. The van der Waals surface area contributed by atoms with E-state index >= 15 is 0 Å². The third kappa shape index (κ3) is 5.86. The second kappa shape index (κ2) is 11.6. The average molecular weight is 460 g/mol. The number of carbonyl (C=O) groups excluding carboxylic acids is 3. The van der Waals surface area contributed by atoms with Crippen molar-refractivity contribution >= 4 is 29.1 Å². The first-order valence-corrected chi connectivity index (χ1v) is 11.5. The maximum absolute atomic E-state index is 13.0. The Labute approximate surface area is 191 Å². The normalized spacial score (nSPS) is 15.1. The van der Waals surface area contributed by atoms with Gasteiger partial charge in [0.1, 0.15) is 11.8 Å². The van der Waals surface area contributed by atoms with E-state index < -0.39 is 6.04 Å². The van der Waals surface area contributed by atoms with Gasteiger partial charge in [-0.15, -0.1) is 11.3 Å². The van der Waals surface area contributed by atoms with Crippen LogP contribution >= 0.6 is 11.3 Å². The summed E-state index contributed by atoms with van der Waals surface area (Å²) in [5.41, 5.74) is 0.522. The van der Waals surface area contributed by atoms with Crippen LogP contribution in [0.15, 0.2) is 41.8 Å². The molecule has 0 saturated carbocycles. The van der Waals surface area contributed by atoms with E-state index in [-0.39, 0.29) is 23.6 Å². The Morgan fingerprint density at radius 2 is 1.88 bits per heavy atom. The lowest BCUT2D eigenvalue weighted by molar-refractivity contribution is -0.124. The van der Waals surface area contributed by atoms with Gasteiger partial charge in [-0.25, -0.2) is 0 Å². The van der Waals surface area contributed by atoms with Gasteiger partial charge in [0.2, 0.25) is 5.91 Å². The molecular weight excluding hydrogens is 430 g/mol. The maximum atomic E-state index is 13.0. The molecule has 0 aliphatic carbocycles. The summed E-state index contributed by atoms with van der Waals surface area (Å²) < 4.78 is 10.3. The summed E-state index contributed by atoms with van der Waals surface area (Å²) in [7, 11) is 3.11. The minimum absolute atomic E-state index is 0.0804. The highest BCUT2D eigenvalue weighted by atomic mass is 32.1. The van der Waals surface area contributed by atoms with Gasteiger partial charge >= 0.3 is 0 Å². The second-order valence-corrected chi connectivity index (χ2v) is 8.49. The van der Waals surface area contributed by atoms with Crippen LogP contribution in [0.4, 0.5) is 0 Å². The largest absolute Gasteiger partial charge is 0.496 e. The van der Waals surface area contributed by atoms with Crippen LogP contribution in [0.2, 0.25) is 0 Å². The molecule has 1 saturated heterocycles. The van der Waals surface area contributed by atoms with Crippen molar-refractivity contribution in [1.29, 1.82) is 0 Å². The third-order valence-electron chi connectivity index (χ3n) is 5.56. The Bertz CT molecular complexity index is 910. The van der Waals surface area contributed by atoms with E-state index in [1.807, 2.05) is 17.5 Å². The fraction of sp³-hybridized carbons (Fsp3) is 0.435. The summed E-state index contributed by atoms with van der Waals surface area (Å²) in [5.74, 6) is -0.132. The predicted octanol–water partition coefficient (Wildman–Crippen LogP) is 2.17. The zero-order chi connectivity index (χ0) is 22.9. The molecule has 9 heteroatoms. The van der Waals surface area contributed by atoms with Crippen LogP contribution in [0.5, 0.6) is 5.75 Å². The molecule has 1 atom stereocenters. The Morgan fingerprint density at radius 3 is 2.53 bits per heavy atom. The quantitative estimate of drug-likeness (QED) is 0.560. The molecule has 1 aromatic heterocycles. The van der Waals surface area contributed by atoms with Crippen molar-refractivity contribution in [2.24, 2.45) is 5.92 Å². The van der Waals surface area contributed by atoms with Gasteiger partial charge in [0.25, 0.3) is 11.8 Å². The molecule has 3 rings (SSSR count). The van der Waals surface area contributed by atoms with Crippen molar-refractivity contribution in [3.8, 4) is 5.75 Å². The van der Waals surface area contributed by atoms with Gasteiger partial charge in [0.15, 0.2) is 0 Å². The molecule has 2 N–H and O–H groups in total. The molecule has 1 unspecified atom stereocenters. The van der Waals surface area contributed by atoms with Crippen LogP contribution in [-0.2, 0) is 9.53 Å². The number of amides is 3. The van der Waals surface area contributed by atoms with Crippen molar-refractivity contribution in [2.75, 3.05) is 40.5 Å². The molecule has 172 valence electrons. The van der Waals surface area contributed by atoms with Gasteiger partial charge in [-0.2, -0.15) is 0 Å².